The van der Waals surface area contributed by atoms with Gasteiger partial charge < -0.3 is 0 Å². The molecule has 0 N–H and O–H groups in total. The molecule has 0 saturated carbocycles. The fourth-order valence-electron chi connectivity index (χ4n) is 5.55. The number of nitrogens with zero attached hydrogens (tertiary/aromatic N) is 6. The molecule has 224 valence electrons. The van der Waals surface area contributed by atoms with Crippen LogP contribution in [-0.2, 0) is 6.18 Å². The van der Waals surface area contributed by atoms with E-state index in [2.05, 4.69) is 14.5 Å². The van der Waals surface area contributed by atoms with Gasteiger partial charge in [-0.25, -0.2) is 47.0 Å². The van der Waals surface area contributed by atoms with Gasteiger partial charge in [0.15, 0.2) is 23.3 Å². The predicted molar refractivity (Wildman–Crippen MR) is 148 cm³/mol. The highest BCUT2D eigenvalue weighted by Gasteiger charge is 2.50. The van der Waals surface area contributed by atoms with Crippen molar-refractivity contribution < 1.29 is 35.1 Å². The highest BCUT2D eigenvalue weighted by atomic mass is 19.4. The first kappa shape index (κ1) is 31.4. The van der Waals surface area contributed by atoms with E-state index in [1.807, 2.05) is 0 Å². The van der Waals surface area contributed by atoms with Gasteiger partial charge in [0.1, 0.15) is 11.9 Å². The largest absolute Gasteiger partial charge is 0.417 e. The molecule has 3 aromatic carbocycles. The van der Waals surface area contributed by atoms with E-state index in [4.69, 9.17) is 19.7 Å². The van der Waals surface area contributed by atoms with E-state index >= 15 is 17.6 Å². The van der Waals surface area contributed by atoms with Crippen molar-refractivity contribution in [1.29, 1.82) is 15.8 Å². The van der Waals surface area contributed by atoms with Crippen molar-refractivity contribution in [3.8, 4) is 18.2 Å². The maximum absolute atomic E-state index is 16.9. The summed E-state index contributed by atoms with van der Waals surface area (Å²) in [5.74, 6) is -7.60. The molecule has 2 aliphatic rings. The summed E-state index contributed by atoms with van der Waals surface area (Å²) in [6.07, 6.45) is -5.62. The average molecular weight is 638 g/mol. The fraction of sp³-hybridized carbons (Fsp3) is 0.0303. The van der Waals surface area contributed by atoms with Gasteiger partial charge in [0.2, 0.25) is 5.70 Å². The highest BCUT2D eigenvalue weighted by Crippen LogP contribution is 2.60. The molecule has 14 heteroatoms. The Morgan fingerprint density at radius 2 is 1.11 bits per heavy atom. The SMILES string of the molecule is [C-]#[N+]C1=C(c2ccc(F)c(F)c2)/C(=C(/C#N)[N+]#[C-])c2c1c(F)c1c(c2C(F)(F)F)/C(=C(/C#N)[N+]#[C-])C(c2ccc(F)c(F)c2)=C1C#N. The molecular weight excluding hydrogens is 632 g/mol. The van der Waals surface area contributed by atoms with Crippen LogP contribution in [0, 0.1) is 82.8 Å². The molecule has 47 heavy (non-hydrogen) atoms. The maximum Gasteiger partial charge on any atom is 0.417 e. The zero-order valence-corrected chi connectivity index (χ0v) is 22.7. The molecule has 0 unspecified atom stereocenters. The van der Waals surface area contributed by atoms with Crippen LogP contribution >= 0.6 is 0 Å². The molecule has 0 aliphatic heterocycles. The molecule has 0 spiro atoms. The van der Waals surface area contributed by atoms with Crippen molar-refractivity contribution >= 4 is 33.6 Å². The molecule has 0 heterocycles. The lowest BCUT2D eigenvalue weighted by molar-refractivity contribution is -0.138. The number of nitriles is 3. The lowest BCUT2D eigenvalue weighted by Crippen LogP contribution is -2.16. The maximum atomic E-state index is 16.9. The molecule has 0 saturated heterocycles. The second-order valence-electron chi connectivity index (χ2n) is 9.54. The molecule has 2 aliphatic carbocycles. The third-order valence-corrected chi connectivity index (χ3v) is 7.25. The van der Waals surface area contributed by atoms with Crippen LogP contribution in [0.3, 0.4) is 0 Å². The lowest BCUT2D eigenvalue weighted by atomic mass is 9.85. The van der Waals surface area contributed by atoms with Gasteiger partial charge in [-0.05, 0) is 63.2 Å². The molecule has 0 atom stereocenters. The Labute approximate surface area is 259 Å². The van der Waals surface area contributed by atoms with Gasteiger partial charge in [-0.1, -0.05) is 12.1 Å². The van der Waals surface area contributed by atoms with Gasteiger partial charge in [-0.2, -0.15) is 18.4 Å². The Morgan fingerprint density at radius 1 is 0.638 bits per heavy atom. The zero-order chi connectivity index (χ0) is 34.5. The van der Waals surface area contributed by atoms with E-state index in [1.165, 1.54) is 18.2 Å². The molecule has 6 nitrogen and oxygen atoms in total. The number of hydrogen-bond acceptors (Lipinski definition) is 3. The van der Waals surface area contributed by atoms with Crippen LogP contribution in [0.1, 0.15) is 38.9 Å². The van der Waals surface area contributed by atoms with E-state index < -0.39 is 119 Å². The molecule has 0 aromatic heterocycles. The van der Waals surface area contributed by atoms with Crippen LogP contribution in [0.2, 0.25) is 0 Å². The third kappa shape index (κ3) is 4.49. The number of hydrogen-bond donors (Lipinski definition) is 0. The van der Waals surface area contributed by atoms with Gasteiger partial charge in [0.05, 0.1) is 43.0 Å². The topological polar surface area (TPSA) is 84.4 Å². The smallest absolute Gasteiger partial charge is 0.237 e. The number of fused-ring (bicyclic) bond motifs is 2. The zero-order valence-electron chi connectivity index (χ0n) is 22.7. The van der Waals surface area contributed by atoms with Gasteiger partial charge in [-0.15, -0.1) is 0 Å². The van der Waals surface area contributed by atoms with Gasteiger partial charge in [0.25, 0.3) is 11.4 Å². The van der Waals surface area contributed by atoms with Crippen LogP contribution < -0.4 is 0 Å². The van der Waals surface area contributed by atoms with Gasteiger partial charge in [0, 0.05) is 16.7 Å². The van der Waals surface area contributed by atoms with Crippen molar-refractivity contribution in [2.45, 2.75) is 6.18 Å². The highest BCUT2D eigenvalue weighted by molar-refractivity contribution is 6.30. The number of alkyl halides is 3. The Morgan fingerprint density at radius 3 is 1.51 bits per heavy atom. The van der Waals surface area contributed by atoms with Gasteiger partial charge >= 0.3 is 6.18 Å². The summed E-state index contributed by atoms with van der Waals surface area (Å²) in [6, 6.07) is 7.89. The molecule has 0 radical (unpaired) electrons. The van der Waals surface area contributed by atoms with Crippen molar-refractivity contribution in [2.75, 3.05) is 0 Å². The molecule has 0 amide bonds. The second kappa shape index (κ2) is 11.2. The summed E-state index contributed by atoms with van der Waals surface area (Å²) in [6.45, 7) is 22.7. The van der Waals surface area contributed by atoms with E-state index in [1.54, 1.807) is 0 Å². The first-order chi connectivity index (χ1) is 22.3. The summed E-state index contributed by atoms with van der Waals surface area (Å²) in [5.41, 5.74) is -15.5. The van der Waals surface area contributed by atoms with Crippen LogP contribution in [0.15, 0.2) is 47.8 Å². The van der Waals surface area contributed by atoms with Crippen LogP contribution in [-0.4, -0.2) is 0 Å². The van der Waals surface area contributed by atoms with Crippen LogP contribution in [0.4, 0.5) is 35.1 Å². The fourth-order valence-corrected chi connectivity index (χ4v) is 5.55. The minimum Gasteiger partial charge on any atom is -0.237 e. The monoisotopic (exact) mass is 638 g/mol. The first-order valence-electron chi connectivity index (χ1n) is 12.5. The van der Waals surface area contributed by atoms with E-state index in [-0.39, 0.29) is 0 Å². The molecule has 0 fully saturated rings. The normalized spacial score (nSPS) is 15.4. The molecule has 0 bridgehead atoms. The lowest BCUT2D eigenvalue weighted by Gasteiger charge is -2.22. The minimum absolute atomic E-state index is 0.454. The summed E-state index contributed by atoms with van der Waals surface area (Å²) in [7, 11) is 0. The number of halogens is 8. The van der Waals surface area contributed by atoms with E-state index in [0.717, 1.165) is 12.1 Å². The predicted octanol–water partition coefficient (Wildman–Crippen LogP) is 8.96. The van der Waals surface area contributed by atoms with E-state index in [0.29, 0.717) is 24.3 Å². The third-order valence-electron chi connectivity index (χ3n) is 7.25. The Kier molecular flexibility index (Phi) is 7.47. The number of benzene rings is 3. The van der Waals surface area contributed by atoms with Crippen molar-refractivity contribution in [3.63, 3.8) is 0 Å². The molecule has 5 rings (SSSR count). The van der Waals surface area contributed by atoms with Crippen molar-refractivity contribution in [1.82, 2.24) is 0 Å². The summed E-state index contributed by atoms with van der Waals surface area (Å²) in [5, 5.41) is 29.7. The minimum atomic E-state index is -5.62. The van der Waals surface area contributed by atoms with E-state index in [9.17, 15) is 33.3 Å². The molecule has 3 aromatic rings. The number of allylic oxidation sites excluding steroid dienone is 7. The van der Waals surface area contributed by atoms with Crippen LogP contribution in [0.25, 0.3) is 48.1 Å². The summed E-state index contributed by atoms with van der Waals surface area (Å²) in [4.78, 5) is 9.01. The Bertz CT molecular complexity index is 2210. The van der Waals surface area contributed by atoms with Crippen molar-refractivity contribution in [2.24, 2.45) is 0 Å². The Hall–Kier alpha value is -7.00. The summed E-state index contributed by atoms with van der Waals surface area (Å²) < 4.78 is 119. The van der Waals surface area contributed by atoms with Crippen molar-refractivity contribution in [3.05, 3.63) is 150 Å². The summed E-state index contributed by atoms with van der Waals surface area (Å²) >= 11 is 0. The standard InChI is InChI=1S/C33H6F8N6/c1-45-20(11-43)25-22(13-4-6-16(34)18(36)8-13)15(10-42)24-27(25)30(33(39,40)41)28-26(21(12-44)46-2)23(32(47-3)29(28)31(24)38)14-5-7-17(35)19(37)9-14/h4-9H/b25-20-,26-21+. The second-order valence-corrected chi connectivity index (χ2v) is 9.54. The van der Waals surface area contributed by atoms with Crippen LogP contribution in [0.5, 0.6) is 0 Å². The molecular formula is C33H6F8N6. The average Bonchev–Trinajstić information content (AvgIpc) is 3.55. The Balaban J connectivity index is 2.13. The first-order valence-corrected chi connectivity index (χ1v) is 12.5. The number of rotatable bonds is 2. The quantitative estimate of drug-likeness (QED) is 0.160. The van der Waals surface area contributed by atoms with Gasteiger partial charge in [-0.3, -0.25) is 0 Å².